The molecule has 1 fully saturated rings. The van der Waals surface area contributed by atoms with Crippen molar-refractivity contribution < 1.29 is 14.4 Å². The summed E-state index contributed by atoms with van der Waals surface area (Å²) in [5, 5.41) is 13.4. The molecule has 1 N–H and O–H groups in total. The van der Waals surface area contributed by atoms with Crippen LogP contribution in [0.1, 0.15) is 11.5 Å². The van der Waals surface area contributed by atoms with E-state index in [9.17, 15) is 5.11 Å². The number of aliphatic hydroxyl groups is 1. The minimum Gasteiger partial charge on any atom is -0.395 e. The average Bonchev–Trinajstić information content (AvgIpc) is 2.97. The minimum absolute atomic E-state index is 0.00604. The second-order valence-electron chi connectivity index (χ2n) is 5.26. The van der Waals surface area contributed by atoms with E-state index < -0.39 is 0 Å². The van der Waals surface area contributed by atoms with Crippen molar-refractivity contribution in [2.75, 3.05) is 26.4 Å². The molecule has 0 saturated carbocycles. The molecule has 21 heavy (non-hydrogen) atoms. The highest BCUT2D eigenvalue weighted by Gasteiger charge is 2.24. The summed E-state index contributed by atoms with van der Waals surface area (Å²) in [5.41, 5.74) is 2.14. The Morgan fingerprint density at radius 2 is 2.14 bits per heavy atom. The van der Waals surface area contributed by atoms with Crippen molar-refractivity contribution >= 4 is 0 Å². The van der Waals surface area contributed by atoms with E-state index in [1.54, 1.807) is 0 Å². The van der Waals surface area contributed by atoms with Crippen LogP contribution in [-0.2, 0) is 11.3 Å². The van der Waals surface area contributed by atoms with Crippen LogP contribution >= 0.6 is 0 Å². The Bertz CT molecular complexity index is 582. The van der Waals surface area contributed by atoms with Crippen molar-refractivity contribution in [3.05, 3.63) is 35.7 Å². The first kappa shape index (κ1) is 14.2. The highest BCUT2D eigenvalue weighted by Crippen LogP contribution is 2.18. The first-order valence-corrected chi connectivity index (χ1v) is 7.08. The van der Waals surface area contributed by atoms with Gasteiger partial charge in [-0.05, 0) is 6.92 Å². The van der Waals surface area contributed by atoms with Gasteiger partial charge in [-0.1, -0.05) is 35.0 Å². The van der Waals surface area contributed by atoms with Gasteiger partial charge >= 0.3 is 0 Å². The summed E-state index contributed by atoms with van der Waals surface area (Å²) in [6.07, 6.45) is 0. The predicted molar refractivity (Wildman–Crippen MR) is 76.6 cm³/mol. The Morgan fingerprint density at radius 3 is 2.90 bits per heavy atom. The van der Waals surface area contributed by atoms with Crippen molar-refractivity contribution in [1.29, 1.82) is 0 Å². The zero-order chi connectivity index (χ0) is 14.7. The molecule has 112 valence electrons. The normalized spacial score (nSPS) is 19.8. The van der Waals surface area contributed by atoms with E-state index in [0.717, 1.165) is 12.1 Å². The standard InChI is InChI=1S/C15H19N3O3/c1-11-2-4-12(5-3-11)15-16-14(21-17-15)8-18-6-7-20-10-13(18)9-19/h2-5,13,19H,6-10H2,1H3. The molecule has 6 heteroatoms. The van der Waals surface area contributed by atoms with Gasteiger partial charge in [0.05, 0.1) is 32.4 Å². The number of aliphatic hydroxyl groups excluding tert-OH is 1. The van der Waals surface area contributed by atoms with E-state index in [4.69, 9.17) is 9.26 Å². The van der Waals surface area contributed by atoms with E-state index in [2.05, 4.69) is 15.0 Å². The highest BCUT2D eigenvalue weighted by atomic mass is 16.5. The van der Waals surface area contributed by atoms with Gasteiger partial charge in [0.15, 0.2) is 0 Å². The maximum Gasteiger partial charge on any atom is 0.241 e. The van der Waals surface area contributed by atoms with E-state index in [-0.39, 0.29) is 12.6 Å². The number of benzene rings is 1. The van der Waals surface area contributed by atoms with Gasteiger partial charge in [0.1, 0.15) is 0 Å². The fourth-order valence-electron chi connectivity index (χ4n) is 2.38. The van der Waals surface area contributed by atoms with Crippen molar-refractivity contribution in [2.24, 2.45) is 0 Å². The molecule has 1 aliphatic heterocycles. The van der Waals surface area contributed by atoms with Crippen LogP contribution in [-0.4, -0.2) is 52.6 Å². The minimum atomic E-state index is -0.00604. The van der Waals surface area contributed by atoms with Crippen LogP contribution in [0.25, 0.3) is 11.4 Å². The van der Waals surface area contributed by atoms with Crippen molar-refractivity contribution in [3.8, 4) is 11.4 Å². The SMILES string of the molecule is Cc1ccc(-c2noc(CN3CCOCC3CO)n2)cc1. The molecule has 1 saturated heterocycles. The van der Waals surface area contributed by atoms with Gasteiger partial charge in [-0.2, -0.15) is 4.98 Å². The third kappa shape index (κ3) is 3.29. The van der Waals surface area contributed by atoms with Crippen LogP contribution in [0.5, 0.6) is 0 Å². The summed E-state index contributed by atoms with van der Waals surface area (Å²) in [7, 11) is 0. The van der Waals surface area contributed by atoms with Gasteiger partial charge in [0.2, 0.25) is 11.7 Å². The van der Waals surface area contributed by atoms with E-state index in [1.807, 2.05) is 31.2 Å². The third-order valence-corrected chi connectivity index (χ3v) is 3.68. The molecule has 1 unspecified atom stereocenters. The number of rotatable bonds is 4. The molecule has 0 radical (unpaired) electrons. The van der Waals surface area contributed by atoms with E-state index in [0.29, 0.717) is 31.5 Å². The maximum atomic E-state index is 9.36. The maximum absolute atomic E-state index is 9.36. The van der Waals surface area contributed by atoms with Gasteiger partial charge in [0.25, 0.3) is 0 Å². The number of morpholine rings is 1. The molecular formula is C15H19N3O3. The molecule has 6 nitrogen and oxygen atoms in total. The fraction of sp³-hybridized carbons (Fsp3) is 0.467. The van der Waals surface area contributed by atoms with Gasteiger partial charge in [-0.15, -0.1) is 0 Å². The Morgan fingerprint density at radius 1 is 1.33 bits per heavy atom. The molecule has 1 aliphatic rings. The van der Waals surface area contributed by atoms with Crippen LogP contribution in [0, 0.1) is 6.92 Å². The van der Waals surface area contributed by atoms with Crippen LogP contribution < -0.4 is 0 Å². The highest BCUT2D eigenvalue weighted by molar-refractivity contribution is 5.54. The Hall–Kier alpha value is -1.76. The second kappa shape index (κ2) is 6.34. The summed E-state index contributed by atoms with van der Waals surface area (Å²) < 4.78 is 10.7. The average molecular weight is 289 g/mol. The largest absolute Gasteiger partial charge is 0.395 e. The summed E-state index contributed by atoms with van der Waals surface area (Å²) in [6.45, 7) is 4.60. The van der Waals surface area contributed by atoms with Crippen LogP contribution in [0.15, 0.2) is 28.8 Å². The lowest BCUT2D eigenvalue weighted by atomic mass is 10.1. The molecule has 3 rings (SSSR count). The number of hydrogen-bond donors (Lipinski definition) is 1. The number of ether oxygens (including phenoxy) is 1. The van der Waals surface area contributed by atoms with E-state index >= 15 is 0 Å². The Balaban J connectivity index is 1.71. The molecule has 2 aromatic rings. The molecule has 1 aromatic carbocycles. The molecule has 2 heterocycles. The Kier molecular flexibility index (Phi) is 4.28. The van der Waals surface area contributed by atoms with E-state index in [1.165, 1.54) is 5.56 Å². The molecule has 0 aliphatic carbocycles. The number of hydrogen-bond acceptors (Lipinski definition) is 6. The Labute approximate surface area is 123 Å². The molecule has 0 spiro atoms. The van der Waals surface area contributed by atoms with Gasteiger partial charge in [-0.3, -0.25) is 4.90 Å². The van der Waals surface area contributed by atoms with Crippen molar-refractivity contribution in [1.82, 2.24) is 15.0 Å². The predicted octanol–water partition coefficient (Wildman–Crippen LogP) is 1.24. The first-order chi connectivity index (χ1) is 10.3. The topological polar surface area (TPSA) is 71.6 Å². The third-order valence-electron chi connectivity index (χ3n) is 3.68. The monoisotopic (exact) mass is 289 g/mol. The van der Waals surface area contributed by atoms with Crippen LogP contribution in [0.2, 0.25) is 0 Å². The number of aromatic nitrogens is 2. The van der Waals surface area contributed by atoms with Crippen LogP contribution in [0.4, 0.5) is 0 Å². The summed E-state index contributed by atoms with van der Waals surface area (Å²) in [5.74, 6) is 1.16. The van der Waals surface area contributed by atoms with Crippen molar-refractivity contribution in [2.45, 2.75) is 19.5 Å². The second-order valence-corrected chi connectivity index (χ2v) is 5.26. The summed E-state index contributed by atoms with van der Waals surface area (Å²) >= 11 is 0. The summed E-state index contributed by atoms with van der Waals surface area (Å²) in [6, 6.07) is 8.00. The van der Waals surface area contributed by atoms with Crippen LogP contribution in [0.3, 0.4) is 0 Å². The first-order valence-electron chi connectivity index (χ1n) is 7.08. The zero-order valence-corrected chi connectivity index (χ0v) is 12.0. The van der Waals surface area contributed by atoms with Gasteiger partial charge < -0.3 is 14.4 Å². The molecular weight excluding hydrogens is 270 g/mol. The number of aryl methyl sites for hydroxylation is 1. The van der Waals surface area contributed by atoms with Gasteiger partial charge in [0, 0.05) is 12.1 Å². The lowest BCUT2D eigenvalue weighted by Crippen LogP contribution is -2.46. The molecule has 0 amide bonds. The molecule has 1 aromatic heterocycles. The smallest absolute Gasteiger partial charge is 0.241 e. The molecule has 0 bridgehead atoms. The lowest BCUT2D eigenvalue weighted by Gasteiger charge is -2.33. The lowest BCUT2D eigenvalue weighted by molar-refractivity contribution is -0.0348. The number of nitrogens with zero attached hydrogens (tertiary/aromatic N) is 3. The zero-order valence-electron chi connectivity index (χ0n) is 12.0. The van der Waals surface area contributed by atoms with Crippen molar-refractivity contribution in [3.63, 3.8) is 0 Å². The molecule has 1 atom stereocenters. The van der Waals surface area contributed by atoms with Gasteiger partial charge in [-0.25, -0.2) is 0 Å². The quantitative estimate of drug-likeness (QED) is 0.913. The fourth-order valence-corrected chi connectivity index (χ4v) is 2.38. The summed E-state index contributed by atoms with van der Waals surface area (Å²) in [4.78, 5) is 6.54.